The van der Waals surface area contributed by atoms with Gasteiger partial charge < -0.3 is 10.6 Å². The monoisotopic (exact) mass is 461 g/mol. The Morgan fingerprint density at radius 1 is 1.10 bits per heavy atom. The van der Waals surface area contributed by atoms with Crippen molar-refractivity contribution in [2.45, 2.75) is 6.42 Å². The molecule has 0 aliphatic heterocycles. The van der Waals surface area contributed by atoms with E-state index in [0.717, 1.165) is 11.8 Å². The van der Waals surface area contributed by atoms with Gasteiger partial charge in [0.25, 0.3) is 0 Å². The smallest absolute Gasteiger partial charge is 0.313 e. The summed E-state index contributed by atoms with van der Waals surface area (Å²) in [6.45, 7) is 0.188. The summed E-state index contributed by atoms with van der Waals surface area (Å²) in [5.41, 5.74) is 1.70. The summed E-state index contributed by atoms with van der Waals surface area (Å²) >= 11 is 7.04. The van der Waals surface area contributed by atoms with Crippen molar-refractivity contribution in [3.05, 3.63) is 70.2 Å². The number of hydrogen-bond acceptors (Lipinski definition) is 5. The highest BCUT2D eigenvalue weighted by Crippen LogP contribution is 2.21. The molecule has 2 N–H and O–H groups in total. The molecule has 0 unspecified atom stereocenters. The lowest BCUT2D eigenvalue weighted by Crippen LogP contribution is -2.36. The largest absolute Gasteiger partial charge is 0.347 e. The Labute approximate surface area is 183 Å². The Kier molecular flexibility index (Phi) is 5.92. The number of nitrogens with one attached hydrogen (secondary N) is 2. The first kappa shape index (κ1) is 20.9. The predicted molar refractivity (Wildman–Crippen MR) is 113 cm³/mol. The number of anilines is 1. The molecule has 2 amide bonds. The maximum atomic E-state index is 13.2. The Morgan fingerprint density at radius 2 is 1.87 bits per heavy atom. The molecule has 0 radical (unpaired) electrons. The average molecular weight is 462 g/mol. The van der Waals surface area contributed by atoms with E-state index in [1.54, 1.807) is 16.6 Å². The second kappa shape index (κ2) is 8.78. The SMILES string of the molecule is O=C(NCCc1csc2nc(-c3ccc(F)cc3)nn12)C(=O)Nc1ccc(F)c(Cl)c1. The lowest BCUT2D eigenvalue weighted by molar-refractivity contribution is -0.136. The number of hydrogen-bond donors (Lipinski definition) is 2. The number of amides is 2. The number of aromatic nitrogens is 3. The van der Waals surface area contributed by atoms with Crippen LogP contribution in [0.3, 0.4) is 0 Å². The second-order valence-corrected chi connectivity index (χ2v) is 7.70. The standard InChI is InChI=1S/C20H14ClF2N5O2S/c21-15-9-13(5-6-16(15)23)25-19(30)18(29)24-8-7-14-10-31-20-26-17(27-28(14)20)11-1-3-12(22)4-2-11/h1-6,9-10H,7-8H2,(H,24,29)(H,25,30). The number of fused-ring (bicyclic) bond motifs is 1. The number of carbonyl (C=O) groups excluding carboxylic acids is 2. The van der Waals surface area contributed by atoms with E-state index in [2.05, 4.69) is 20.7 Å². The Morgan fingerprint density at radius 3 is 2.61 bits per heavy atom. The summed E-state index contributed by atoms with van der Waals surface area (Å²) in [7, 11) is 0. The zero-order valence-corrected chi connectivity index (χ0v) is 17.3. The van der Waals surface area contributed by atoms with Gasteiger partial charge in [0.2, 0.25) is 4.96 Å². The van der Waals surface area contributed by atoms with Crippen LogP contribution >= 0.6 is 22.9 Å². The third-order valence-electron chi connectivity index (χ3n) is 4.30. The van der Waals surface area contributed by atoms with E-state index in [9.17, 15) is 18.4 Å². The van der Waals surface area contributed by atoms with Crippen LogP contribution in [0.2, 0.25) is 5.02 Å². The topological polar surface area (TPSA) is 88.4 Å². The molecule has 0 bridgehead atoms. The Hall–Kier alpha value is -3.37. The van der Waals surface area contributed by atoms with Crippen LogP contribution in [0, 0.1) is 11.6 Å². The number of carbonyl (C=O) groups is 2. The maximum Gasteiger partial charge on any atom is 0.313 e. The minimum absolute atomic E-state index is 0.160. The third-order valence-corrected chi connectivity index (χ3v) is 5.46. The number of benzene rings is 2. The zero-order valence-electron chi connectivity index (χ0n) is 15.7. The molecular formula is C20H14ClF2N5O2S. The minimum Gasteiger partial charge on any atom is -0.347 e. The number of thiazole rings is 1. The van der Waals surface area contributed by atoms with Crippen LogP contribution in [0.15, 0.2) is 47.8 Å². The van der Waals surface area contributed by atoms with Crippen LogP contribution < -0.4 is 10.6 Å². The van der Waals surface area contributed by atoms with Crippen LogP contribution in [0.25, 0.3) is 16.3 Å². The molecule has 31 heavy (non-hydrogen) atoms. The van der Waals surface area contributed by atoms with Gasteiger partial charge in [-0.1, -0.05) is 11.6 Å². The van der Waals surface area contributed by atoms with E-state index < -0.39 is 17.6 Å². The molecule has 0 aliphatic rings. The van der Waals surface area contributed by atoms with Gasteiger partial charge in [0.05, 0.1) is 10.7 Å². The van der Waals surface area contributed by atoms with E-state index in [4.69, 9.17) is 11.6 Å². The summed E-state index contributed by atoms with van der Waals surface area (Å²) in [4.78, 5) is 29.1. The first-order valence-corrected chi connectivity index (χ1v) is 10.3. The molecule has 2 aromatic carbocycles. The van der Waals surface area contributed by atoms with Crippen LogP contribution in [-0.2, 0) is 16.0 Å². The minimum atomic E-state index is -0.891. The van der Waals surface area contributed by atoms with Gasteiger partial charge in [0.15, 0.2) is 5.82 Å². The summed E-state index contributed by atoms with van der Waals surface area (Å²) in [5.74, 6) is -2.22. The van der Waals surface area contributed by atoms with Crippen LogP contribution in [-0.4, -0.2) is 33.0 Å². The fourth-order valence-electron chi connectivity index (χ4n) is 2.76. The Bertz CT molecular complexity index is 1270. The molecule has 0 spiro atoms. The van der Waals surface area contributed by atoms with Gasteiger partial charge in [-0.3, -0.25) is 9.59 Å². The molecule has 158 valence electrons. The third kappa shape index (κ3) is 4.70. The van der Waals surface area contributed by atoms with Gasteiger partial charge >= 0.3 is 11.8 Å². The molecule has 2 aromatic heterocycles. The van der Waals surface area contributed by atoms with Crippen LogP contribution in [0.4, 0.5) is 14.5 Å². The van der Waals surface area contributed by atoms with Gasteiger partial charge in [0.1, 0.15) is 11.6 Å². The van der Waals surface area contributed by atoms with E-state index >= 15 is 0 Å². The molecule has 0 atom stereocenters. The quantitative estimate of drug-likeness (QED) is 0.444. The molecule has 0 aliphatic carbocycles. The molecule has 11 heteroatoms. The average Bonchev–Trinajstić information content (AvgIpc) is 3.33. The number of nitrogens with zero attached hydrogens (tertiary/aromatic N) is 3. The van der Waals surface area contributed by atoms with Crippen LogP contribution in [0.1, 0.15) is 5.69 Å². The zero-order chi connectivity index (χ0) is 22.0. The van der Waals surface area contributed by atoms with Crippen molar-refractivity contribution in [3.63, 3.8) is 0 Å². The first-order valence-electron chi connectivity index (χ1n) is 9.04. The van der Waals surface area contributed by atoms with Crippen molar-refractivity contribution >= 4 is 45.4 Å². The van der Waals surface area contributed by atoms with Crippen molar-refractivity contribution in [2.24, 2.45) is 0 Å². The van der Waals surface area contributed by atoms with Crippen molar-refractivity contribution in [1.82, 2.24) is 19.9 Å². The van der Waals surface area contributed by atoms with Gasteiger partial charge in [0, 0.05) is 29.6 Å². The first-order chi connectivity index (χ1) is 14.9. The fourth-order valence-corrected chi connectivity index (χ4v) is 3.80. The molecule has 0 fully saturated rings. The lowest BCUT2D eigenvalue weighted by atomic mass is 10.2. The van der Waals surface area contributed by atoms with Gasteiger partial charge in [-0.25, -0.2) is 13.3 Å². The highest BCUT2D eigenvalue weighted by molar-refractivity contribution is 7.15. The van der Waals surface area contributed by atoms with Crippen molar-refractivity contribution < 1.29 is 18.4 Å². The molecule has 4 rings (SSSR count). The normalized spacial score (nSPS) is 10.9. The molecule has 2 heterocycles. The number of rotatable bonds is 5. The molecule has 4 aromatic rings. The highest BCUT2D eigenvalue weighted by atomic mass is 35.5. The van der Waals surface area contributed by atoms with E-state index in [0.29, 0.717) is 22.8 Å². The maximum absolute atomic E-state index is 13.2. The lowest BCUT2D eigenvalue weighted by Gasteiger charge is -2.07. The van der Waals surface area contributed by atoms with E-state index in [1.807, 2.05) is 5.38 Å². The van der Waals surface area contributed by atoms with Gasteiger partial charge in [-0.05, 0) is 42.5 Å². The molecule has 7 nitrogen and oxygen atoms in total. The van der Waals surface area contributed by atoms with Crippen LogP contribution in [0.5, 0.6) is 0 Å². The molecule has 0 saturated carbocycles. The summed E-state index contributed by atoms with van der Waals surface area (Å²) in [6.07, 6.45) is 0.410. The van der Waals surface area contributed by atoms with Crippen molar-refractivity contribution in [3.8, 4) is 11.4 Å². The Balaban J connectivity index is 1.35. The molecule has 0 saturated heterocycles. The van der Waals surface area contributed by atoms with Crippen molar-refractivity contribution in [2.75, 3.05) is 11.9 Å². The summed E-state index contributed by atoms with van der Waals surface area (Å²) in [6, 6.07) is 9.49. The van der Waals surface area contributed by atoms with E-state index in [1.165, 1.54) is 35.6 Å². The second-order valence-electron chi connectivity index (χ2n) is 6.45. The number of halogens is 3. The van der Waals surface area contributed by atoms with Gasteiger partial charge in [-0.15, -0.1) is 16.4 Å². The molecular weight excluding hydrogens is 448 g/mol. The summed E-state index contributed by atoms with van der Waals surface area (Å²) in [5, 5.41) is 11.0. The summed E-state index contributed by atoms with van der Waals surface area (Å²) < 4.78 is 27.9. The van der Waals surface area contributed by atoms with E-state index in [-0.39, 0.29) is 23.1 Å². The van der Waals surface area contributed by atoms with Crippen molar-refractivity contribution in [1.29, 1.82) is 0 Å². The highest BCUT2D eigenvalue weighted by Gasteiger charge is 2.15. The van der Waals surface area contributed by atoms with Gasteiger partial charge in [-0.2, -0.15) is 4.98 Å². The predicted octanol–water partition coefficient (Wildman–Crippen LogP) is 3.69. The fraction of sp³-hybridized carbons (Fsp3) is 0.100.